The van der Waals surface area contributed by atoms with Gasteiger partial charge in [0.1, 0.15) is 11.6 Å². The van der Waals surface area contributed by atoms with Gasteiger partial charge in [-0.05, 0) is 58.8 Å². The van der Waals surface area contributed by atoms with Gasteiger partial charge in [-0.25, -0.2) is 0 Å². The zero-order chi connectivity index (χ0) is 20.5. The average molecular weight is 375 g/mol. The van der Waals surface area contributed by atoms with Crippen molar-refractivity contribution in [1.82, 2.24) is 0 Å². The number of allylic oxidation sites excluding steroid dienone is 4. The van der Waals surface area contributed by atoms with E-state index in [0.717, 1.165) is 38.5 Å². The molecule has 1 atom stereocenters. The van der Waals surface area contributed by atoms with E-state index in [9.17, 15) is 9.59 Å². The number of carbonyl (C=O) groups is 2. The molecule has 0 saturated heterocycles. The highest BCUT2D eigenvalue weighted by molar-refractivity contribution is 5.90. The van der Waals surface area contributed by atoms with Crippen molar-refractivity contribution >= 4 is 11.6 Å². The summed E-state index contributed by atoms with van der Waals surface area (Å²) in [5.41, 5.74) is 0.494. The van der Waals surface area contributed by atoms with Crippen molar-refractivity contribution < 1.29 is 9.59 Å². The Balaban J connectivity index is 2.93. The Morgan fingerprint density at radius 3 is 2.26 bits per heavy atom. The van der Waals surface area contributed by atoms with Gasteiger partial charge in [-0.15, -0.1) is 0 Å². The van der Waals surface area contributed by atoms with Crippen LogP contribution in [-0.2, 0) is 9.59 Å². The van der Waals surface area contributed by atoms with Gasteiger partial charge in [0.15, 0.2) is 0 Å². The highest BCUT2D eigenvalue weighted by atomic mass is 16.1. The largest absolute Gasteiger partial charge is 0.299 e. The first kappa shape index (κ1) is 23.9. The molecule has 1 rings (SSSR count). The summed E-state index contributed by atoms with van der Waals surface area (Å²) in [5, 5.41) is 0. The molecule has 1 aliphatic rings. The first-order valence-corrected chi connectivity index (χ1v) is 10.9. The summed E-state index contributed by atoms with van der Waals surface area (Å²) < 4.78 is 0. The van der Waals surface area contributed by atoms with Gasteiger partial charge in [0.2, 0.25) is 0 Å². The average Bonchev–Trinajstić information content (AvgIpc) is 2.59. The Morgan fingerprint density at radius 2 is 1.59 bits per heavy atom. The minimum absolute atomic E-state index is 0.113. The van der Waals surface area contributed by atoms with Crippen LogP contribution in [0.4, 0.5) is 0 Å². The van der Waals surface area contributed by atoms with Gasteiger partial charge >= 0.3 is 0 Å². The standard InChI is InChI=1S/C25H42O2/c1-20(2)15-16-21-14-12-10-8-7-9-11-13-18-24(3,4)23(27)25(5,6)19-17-22(21)26/h9,11,15,21H,7-8,10,12-14,16-19H2,1-6H3/b11-9+. The normalized spacial score (nSPS) is 26.4. The summed E-state index contributed by atoms with van der Waals surface area (Å²) in [6.45, 7) is 12.4. The van der Waals surface area contributed by atoms with Crippen molar-refractivity contribution in [2.75, 3.05) is 0 Å². The Labute approximate surface area is 167 Å². The van der Waals surface area contributed by atoms with Crippen LogP contribution in [0.15, 0.2) is 23.8 Å². The van der Waals surface area contributed by atoms with E-state index in [1.807, 2.05) is 13.8 Å². The van der Waals surface area contributed by atoms with Gasteiger partial charge < -0.3 is 0 Å². The molecule has 0 amide bonds. The monoisotopic (exact) mass is 374 g/mol. The molecule has 0 fully saturated rings. The maximum absolute atomic E-state index is 13.1. The minimum atomic E-state index is -0.443. The molecule has 1 aliphatic carbocycles. The van der Waals surface area contributed by atoms with Crippen molar-refractivity contribution in [3.05, 3.63) is 23.8 Å². The van der Waals surface area contributed by atoms with Crippen LogP contribution in [0.1, 0.15) is 106 Å². The van der Waals surface area contributed by atoms with Gasteiger partial charge in [0, 0.05) is 23.2 Å². The van der Waals surface area contributed by atoms with E-state index in [-0.39, 0.29) is 11.3 Å². The van der Waals surface area contributed by atoms with Crippen molar-refractivity contribution in [2.45, 2.75) is 106 Å². The lowest BCUT2D eigenvalue weighted by molar-refractivity contribution is -0.137. The molecule has 0 spiro atoms. The van der Waals surface area contributed by atoms with Gasteiger partial charge in [-0.1, -0.05) is 64.3 Å². The van der Waals surface area contributed by atoms with Crippen molar-refractivity contribution in [3.8, 4) is 0 Å². The highest BCUT2D eigenvalue weighted by Gasteiger charge is 2.38. The molecule has 0 bridgehead atoms. The van der Waals surface area contributed by atoms with Gasteiger partial charge in [-0.3, -0.25) is 9.59 Å². The molecular weight excluding hydrogens is 332 g/mol. The van der Waals surface area contributed by atoms with Crippen LogP contribution in [0.25, 0.3) is 0 Å². The third-order valence-corrected chi connectivity index (χ3v) is 6.02. The molecule has 1 unspecified atom stereocenters. The Bertz CT molecular complexity index is 545. The summed E-state index contributed by atoms with van der Waals surface area (Å²) >= 11 is 0. The predicted molar refractivity (Wildman–Crippen MR) is 116 cm³/mol. The molecule has 0 radical (unpaired) electrons. The molecule has 0 aromatic heterocycles. The van der Waals surface area contributed by atoms with Gasteiger partial charge in [0.05, 0.1) is 0 Å². The lowest BCUT2D eigenvalue weighted by atomic mass is 9.69. The maximum Gasteiger partial charge on any atom is 0.144 e. The van der Waals surface area contributed by atoms with E-state index in [1.54, 1.807) is 0 Å². The lowest BCUT2D eigenvalue weighted by Gasteiger charge is -2.33. The van der Waals surface area contributed by atoms with Gasteiger partial charge in [0.25, 0.3) is 0 Å². The fourth-order valence-corrected chi connectivity index (χ4v) is 4.08. The second-order valence-corrected chi connectivity index (χ2v) is 9.93. The fraction of sp³-hybridized carbons (Fsp3) is 0.760. The predicted octanol–water partition coefficient (Wildman–Crippen LogP) is 7.23. The number of ketones is 2. The van der Waals surface area contributed by atoms with Crippen molar-refractivity contribution in [2.24, 2.45) is 16.7 Å². The van der Waals surface area contributed by atoms with E-state index in [2.05, 4.69) is 45.9 Å². The smallest absolute Gasteiger partial charge is 0.144 e. The number of Topliss-reactive ketones (excluding diaryl/α,β-unsaturated/α-hetero) is 2. The molecule has 0 aliphatic heterocycles. The topological polar surface area (TPSA) is 34.1 Å². The van der Waals surface area contributed by atoms with E-state index >= 15 is 0 Å². The maximum atomic E-state index is 13.1. The van der Waals surface area contributed by atoms with E-state index in [0.29, 0.717) is 24.4 Å². The summed E-state index contributed by atoms with van der Waals surface area (Å²) in [7, 11) is 0. The minimum Gasteiger partial charge on any atom is -0.299 e. The number of hydrogen-bond acceptors (Lipinski definition) is 2. The highest BCUT2D eigenvalue weighted by Crippen LogP contribution is 2.37. The second-order valence-electron chi connectivity index (χ2n) is 9.93. The van der Waals surface area contributed by atoms with Crippen LogP contribution < -0.4 is 0 Å². The molecule has 2 heteroatoms. The van der Waals surface area contributed by atoms with E-state index in [1.165, 1.54) is 18.4 Å². The molecule has 27 heavy (non-hydrogen) atoms. The number of rotatable bonds is 2. The Kier molecular flexibility index (Phi) is 9.70. The lowest BCUT2D eigenvalue weighted by Crippen LogP contribution is -2.37. The second kappa shape index (κ2) is 11.0. The SMILES string of the molecule is CC(C)=CCC1CCCCC/C=C/CCC(C)(C)C(=O)C(C)(C)CCC1=O. The van der Waals surface area contributed by atoms with Gasteiger partial charge in [-0.2, -0.15) is 0 Å². The van der Waals surface area contributed by atoms with Crippen molar-refractivity contribution in [3.63, 3.8) is 0 Å². The summed E-state index contributed by atoms with van der Waals surface area (Å²) in [6.07, 6.45) is 16.2. The quantitative estimate of drug-likeness (QED) is 0.478. The molecule has 0 N–H and O–H groups in total. The van der Waals surface area contributed by atoms with E-state index < -0.39 is 5.41 Å². The van der Waals surface area contributed by atoms with Crippen LogP contribution in [0.5, 0.6) is 0 Å². The molecule has 0 aromatic carbocycles. The third kappa shape index (κ3) is 8.58. The van der Waals surface area contributed by atoms with Crippen molar-refractivity contribution in [1.29, 1.82) is 0 Å². The number of hydrogen-bond donors (Lipinski definition) is 0. The molecule has 2 nitrogen and oxygen atoms in total. The molecule has 154 valence electrons. The van der Waals surface area contributed by atoms with Crippen LogP contribution in [0.2, 0.25) is 0 Å². The summed E-state index contributed by atoms with van der Waals surface area (Å²) in [4.78, 5) is 26.1. The molecule has 0 saturated carbocycles. The molecule has 0 heterocycles. The van der Waals surface area contributed by atoms with E-state index in [4.69, 9.17) is 0 Å². The first-order valence-electron chi connectivity index (χ1n) is 10.9. The van der Waals surface area contributed by atoms with Crippen LogP contribution in [0, 0.1) is 16.7 Å². The molecular formula is C25H42O2. The number of carbonyl (C=O) groups excluding carboxylic acids is 2. The Hall–Kier alpha value is -1.18. The van der Waals surface area contributed by atoms with Crippen LogP contribution >= 0.6 is 0 Å². The molecule has 0 aromatic rings. The zero-order valence-electron chi connectivity index (χ0n) is 18.7. The fourth-order valence-electron chi connectivity index (χ4n) is 4.08. The van der Waals surface area contributed by atoms with Crippen LogP contribution in [-0.4, -0.2) is 11.6 Å². The summed E-state index contributed by atoms with van der Waals surface area (Å²) in [6, 6.07) is 0. The zero-order valence-corrected chi connectivity index (χ0v) is 18.7. The first-order chi connectivity index (χ1) is 12.6. The third-order valence-electron chi connectivity index (χ3n) is 6.02. The van der Waals surface area contributed by atoms with Crippen LogP contribution in [0.3, 0.4) is 0 Å². The Morgan fingerprint density at radius 1 is 0.963 bits per heavy atom. The summed E-state index contributed by atoms with van der Waals surface area (Å²) in [5.74, 6) is 0.754.